The minimum absolute atomic E-state index is 0.00247. The number of benzene rings is 2. The molecule has 190 valence electrons. The van der Waals surface area contributed by atoms with Crippen molar-refractivity contribution in [1.82, 2.24) is 35.4 Å². The van der Waals surface area contributed by atoms with Gasteiger partial charge in [0.15, 0.2) is 0 Å². The highest BCUT2D eigenvalue weighted by atomic mass is 16.7. The Bertz CT molecular complexity index is 1210. The highest BCUT2D eigenvalue weighted by Crippen LogP contribution is 2.30. The molecule has 0 fully saturated rings. The standard InChI is InChI=1S/C27H35N7O2/c1-6-7-16-34-24(28-26(31-34)27(35-18(2)3)36-19(4)5)17-20-12-14-21(15-13-20)22-10-8-9-11-23(22)25-29-32-33-30-25/h8-15,18-19,27H,6-7,16-17H2,1-5H3,(H,29,30,32,33). The van der Waals surface area contributed by atoms with Gasteiger partial charge in [0, 0.05) is 18.5 Å². The van der Waals surface area contributed by atoms with Crippen LogP contribution in [0.25, 0.3) is 22.5 Å². The first-order chi connectivity index (χ1) is 17.4. The van der Waals surface area contributed by atoms with Crippen molar-refractivity contribution >= 4 is 0 Å². The quantitative estimate of drug-likeness (QED) is 0.267. The fraction of sp³-hybridized carbons (Fsp3) is 0.444. The van der Waals surface area contributed by atoms with Crippen LogP contribution in [0.4, 0.5) is 0 Å². The third-order valence-electron chi connectivity index (χ3n) is 5.63. The van der Waals surface area contributed by atoms with Gasteiger partial charge in [-0.1, -0.05) is 61.9 Å². The van der Waals surface area contributed by atoms with Gasteiger partial charge in [0.1, 0.15) is 5.82 Å². The summed E-state index contributed by atoms with van der Waals surface area (Å²) in [5.74, 6) is 2.06. The summed E-state index contributed by atoms with van der Waals surface area (Å²) in [5, 5.41) is 19.3. The van der Waals surface area contributed by atoms with Crippen molar-refractivity contribution in [3.8, 4) is 22.5 Å². The van der Waals surface area contributed by atoms with E-state index in [1.807, 2.05) is 50.6 Å². The number of unbranched alkanes of at least 4 members (excludes halogenated alkanes) is 1. The van der Waals surface area contributed by atoms with Gasteiger partial charge < -0.3 is 9.47 Å². The molecule has 2 aromatic carbocycles. The van der Waals surface area contributed by atoms with Crippen molar-refractivity contribution in [3.63, 3.8) is 0 Å². The van der Waals surface area contributed by atoms with E-state index < -0.39 is 6.29 Å². The van der Waals surface area contributed by atoms with Crippen molar-refractivity contribution in [2.45, 2.75) is 78.9 Å². The smallest absolute Gasteiger partial charge is 0.221 e. The van der Waals surface area contributed by atoms with Crippen molar-refractivity contribution in [2.75, 3.05) is 0 Å². The molecule has 0 saturated carbocycles. The van der Waals surface area contributed by atoms with Crippen LogP contribution in [0.15, 0.2) is 48.5 Å². The number of nitrogens with one attached hydrogen (secondary N) is 1. The fourth-order valence-electron chi connectivity index (χ4n) is 3.95. The number of rotatable bonds is 12. The molecule has 0 unspecified atom stereocenters. The Hall–Kier alpha value is -3.43. The molecule has 0 atom stereocenters. The van der Waals surface area contributed by atoms with Crippen LogP contribution in [0.1, 0.15) is 71.0 Å². The minimum atomic E-state index is -0.587. The number of hydrogen-bond acceptors (Lipinski definition) is 7. The van der Waals surface area contributed by atoms with E-state index in [-0.39, 0.29) is 12.2 Å². The Kier molecular flexibility index (Phi) is 8.56. The molecular formula is C27H35N7O2. The third-order valence-corrected chi connectivity index (χ3v) is 5.63. The van der Waals surface area contributed by atoms with Gasteiger partial charge in [-0.05, 0) is 56.0 Å². The lowest BCUT2D eigenvalue weighted by molar-refractivity contribution is -0.189. The van der Waals surface area contributed by atoms with Crippen molar-refractivity contribution in [1.29, 1.82) is 0 Å². The average Bonchev–Trinajstić information content (AvgIpc) is 3.53. The molecule has 2 aromatic heterocycles. The lowest BCUT2D eigenvalue weighted by Gasteiger charge is -2.20. The van der Waals surface area contributed by atoms with Crippen LogP contribution in [0.3, 0.4) is 0 Å². The Morgan fingerprint density at radius 2 is 1.61 bits per heavy atom. The Morgan fingerprint density at radius 1 is 0.917 bits per heavy atom. The SMILES string of the molecule is CCCCn1nc(C(OC(C)C)OC(C)C)nc1Cc1ccc(-c2ccccc2-c2nn[nH]n2)cc1. The number of H-pyrrole nitrogens is 1. The minimum Gasteiger partial charge on any atom is -0.343 e. The maximum Gasteiger partial charge on any atom is 0.221 e. The second-order valence-electron chi connectivity index (χ2n) is 9.32. The van der Waals surface area contributed by atoms with E-state index in [9.17, 15) is 0 Å². The van der Waals surface area contributed by atoms with Crippen LogP contribution in [-0.2, 0) is 22.4 Å². The van der Waals surface area contributed by atoms with Crippen LogP contribution < -0.4 is 0 Å². The first-order valence-electron chi connectivity index (χ1n) is 12.6. The van der Waals surface area contributed by atoms with Gasteiger partial charge in [-0.2, -0.15) is 10.3 Å². The normalized spacial score (nSPS) is 11.8. The maximum atomic E-state index is 6.00. The summed E-state index contributed by atoms with van der Waals surface area (Å²) in [6, 6.07) is 16.6. The van der Waals surface area contributed by atoms with E-state index in [2.05, 4.69) is 57.9 Å². The van der Waals surface area contributed by atoms with Gasteiger partial charge in [0.25, 0.3) is 0 Å². The fourth-order valence-corrected chi connectivity index (χ4v) is 3.95. The van der Waals surface area contributed by atoms with Crippen molar-refractivity contribution < 1.29 is 9.47 Å². The van der Waals surface area contributed by atoms with Crippen LogP contribution in [-0.4, -0.2) is 47.6 Å². The zero-order valence-electron chi connectivity index (χ0n) is 21.7. The molecule has 9 heteroatoms. The number of aryl methyl sites for hydroxylation is 1. The predicted molar refractivity (Wildman–Crippen MR) is 138 cm³/mol. The van der Waals surface area contributed by atoms with Crippen LogP contribution >= 0.6 is 0 Å². The van der Waals surface area contributed by atoms with E-state index in [1.165, 1.54) is 0 Å². The summed E-state index contributed by atoms with van der Waals surface area (Å²) in [7, 11) is 0. The molecular weight excluding hydrogens is 454 g/mol. The molecule has 2 heterocycles. The molecule has 0 aliphatic rings. The van der Waals surface area contributed by atoms with E-state index in [1.54, 1.807) is 0 Å². The summed E-state index contributed by atoms with van der Waals surface area (Å²) in [4.78, 5) is 4.87. The van der Waals surface area contributed by atoms with Gasteiger partial charge in [-0.25, -0.2) is 9.67 Å². The first kappa shape index (κ1) is 25.7. The molecule has 0 radical (unpaired) electrons. The summed E-state index contributed by atoms with van der Waals surface area (Å²) in [6.07, 6.45) is 2.19. The molecule has 0 aliphatic carbocycles. The number of aromatic nitrogens is 7. The topological polar surface area (TPSA) is 104 Å². The summed E-state index contributed by atoms with van der Waals surface area (Å²) >= 11 is 0. The Balaban J connectivity index is 1.59. The Labute approximate surface area is 212 Å². The molecule has 0 bridgehead atoms. The third kappa shape index (κ3) is 6.41. The summed E-state index contributed by atoms with van der Waals surface area (Å²) in [6.45, 7) is 10.9. The molecule has 0 amide bonds. The first-order valence-corrected chi connectivity index (χ1v) is 12.6. The molecule has 36 heavy (non-hydrogen) atoms. The van der Waals surface area contributed by atoms with E-state index in [4.69, 9.17) is 19.6 Å². The van der Waals surface area contributed by atoms with Crippen LogP contribution in [0.5, 0.6) is 0 Å². The maximum absolute atomic E-state index is 6.00. The largest absolute Gasteiger partial charge is 0.343 e. The van der Waals surface area contributed by atoms with Gasteiger partial charge in [-0.15, -0.1) is 10.2 Å². The average molecular weight is 490 g/mol. The van der Waals surface area contributed by atoms with Gasteiger partial charge >= 0.3 is 0 Å². The number of aromatic amines is 1. The lowest BCUT2D eigenvalue weighted by Crippen LogP contribution is -2.19. The van der Waals surface area contributed by atoms with Gasteiger partial charge in [0.2, 0.25) is 17.9 Å². The summed E-state index contributed by atoms with van der Waals surface area (Å²) < 4.78 is 14.0. The highest BCUT2D eigenvalue weighted by molar-refractivity contribution is 5.80. The molecule has 9 nitrogen and oxygen atoms in total. The number of nitrogens with zero attached hydrogens (tertiary/aromatic N) is 6. The second-order valence-corrected chi connectivity index (χ2v) is 9.32. The second kappa shape index (κ2) is 12.0. The number of ether oxygens (including phenoxy) is 2. The van der Waals surface area contributed by atoms with Gasteiger partial charge in [0.05, 0.1) is 12.2 Å². The molecule has 1 N–H and O–H groups in total. The molecule has 4 aromatic rings. The zero-order valence-corrected chi connectivity index (χ0v) is 21.7. The van der Waals surface area contributed by atoms with Crippen molar-refractivity contribution in [2.24, 2.45) is 0 Å². The van der Waals surface area contributed by atoms with Crippen LogP contribution in [0, 0.1) is 0 Å². The monoisotopic (exact) mass is 489 g/mol. The number of hydrogen-bond donors (Lipinski definition) is 1. The molecule has 0 spiro atoms. The summed E-state index contributed by atoms with van der Waals surface area (Å²) in [5.41, 5.74) is 4.23. The highest BCUT2D eigenvalue weighted by Gasteiger charge is 2.23. The number of tetrazole rings is 1. The van der Waals surface area contributed by atoms with Gasteiger partial charge in [-0.3, -0.25) is 0 Å². The molecule has 4 rings (SSSR count). The molecule has 0 aliphatic heterocycles. The lowest BCUT2D eigenvalue weighted by atomic mass is 9.98. The molecule has 0 saturated heterocycles. The Morgan fingerprint density at radius 3 is 2.22 bits per heavy atom. The van der Waals surface area contributed by atoms with E-state index in [0.717, 1.165) is 47.5 Å². The zero-order chi connectivity index (χ0) is 25.5. The van der Waals surface area contributed by atoms with Crippen LogP contribution in [0.2, 0.25) is 0 Å². The predicted octanol–water partition coefficient (Wildman–Crippen LogP) is 5.36. The van der Waals surface area contributed by atoms with Crippen molar-refractivity contribution in [3.05, 3.63) is 65.7 Å². The van der Waals surface area contributed by atoms with E-state index >= 15 is 0 Å². The van der Waals surface area contributed by atoms with E-state index in [0.29, 0.717) is 18.1 Å².